The number of aliphatic carboxylic acids is 1. The van der Waals surface area contributed by atoms with Crippen molar-refractivity contribution in [3.8, 4) is 0 Å². The molecular weight excluding hydrogens is 508 g/mol. The number of nitrogens with one attached hydrogen (secondary N) is 3. The summed E-state index contributed by atoms with van der Waals surface area (Å²) in [6, 6.07) is -5.65. The number of hydrogen-bond donors (Lipinski definition) is 10. The lowest BCUT2D eigenvalue weighted by molar-refractivity contribution is -0.142. The minimum Gasteiger partial charge on any atom is -0.480 e. The summed E-state index contributed by atoms with van der Waals surface area (Å²) in [6.45, 7) is 0.0653. The van der Waals surface area contributed by atoms with Gasteiger partial charge in [0.15, 0.2) is 5.96 Å². The van der Waals surface area contributed by atoms with E-state index in [1.807, 2.05) is 0 Å². The van der Waals surface area contributed by atoms with Crippen LogP contribution in [-0.4, -0.2) is 83.2 Å². The lowest BCUT2D eigenvalue weighted by Gasteiger charge is -2.25. The number of carboxylic acids is 1. The molecule has 4 atom stereocenters. The van der Waals surface area contributed by atoms with Gasteiger partial charge >= 0.3 is 5.97 Å². The van der Waals surface area contributed by atoms with Crippen LogP contribution in [0.15, 0.2) is 4.99 Å². The van der Waals surface area contributed by atoms with E-state index in [4.69, 9.17) is 34.4 Å². The number of guanidine groups is 1. The maximum Gasteiger partial charge on any atom is 0.326 e. The van der Waals surface area contributed by atoms with E-state index in [2.05, 4.69) is 20.9 Å². The van der Waals surface area contributed by atoms with Crippen LogP contribution >= 0.6 is 0 Å². The van der Waals surface area contributed by atoms with Gasteiger partial charge in [0.1, 0.15) is 18.1 Å². The molecular formula is C20H36N10O8. The molecule has 0 rings (SSSR count). The minimum atomic E-state index is -1.50. The van der Waals surface area contributed by atoms with E-state index in [-0.39, 0.29) is 51.0 Å². The number of primary amides is 3. The Bertz CT molecular complexity index is 921. The van der Waals surface area contributed by atoms with Gasteiger partial charge in [0, 0.05) is 19.4 Å². The Labute approximate surface area is 217 Å². The predicted octanol–water partition coefficient (Wildman–Crippen LogP) is -5.69. The first-order valence-electron chi connectivity index (χ1n) is 11.4. The van der Waals surface area contributed by atoms with Crippen molar-refractivity contribution in [2.75, 3.05) is 6.54 Å². The molecule has 18 heteroatoms. The molecule has 0 aromatic rings. The average Bonchev–Trinajstić information content (AvgIpc) is 2.79. The SMILES string of the molecule is NC(=O)CCC(NC(=O)C(CCCN=C(N)N)NC(=O)C(CCC(N)=O)NC(=O)C(N)CC(N)=O)C(=O)O. The largest absolute Gasteiger partial charge is 0.480 e. The molecule has 0 aromatic heterocycles. The Morgan fingerprint density at radius 2 is 1.11 bits per heavy atom. The van der Waals surface area contributed by atoms with Crippen LogP contribution in [0, 0.1) is 0 Å². The fourth-order valence-electron chi connectivity index (χ4n) is 3.00. The smallest absolute Gasteiger partial charge is 0.326 e. The molecule has 0 saturated carbocycles. The lowest BCUT2D eigenvalue weighted by atomic mass is 10.1. The summed E-state index contributed by atoms with van der Waals surface area (Å²) < 4.78 is 0. The highest BCUT2D eigenvalue weighted by atomic mass is 16.4. The van der Waals surface area contributed by atoms with E-state index >= 15 is 0 Å². The van der Waals surface area contributed by atoms with Gasteiger partial charge in [-0.2, -0.15) is 0 Å². The zero-order valence-electron chi connectivity index (χ0n) is 20.7. The molecule has 0 radical (unpaired) electrons. The first-order valence-corrected chi connectivity index (χ1v) is 11.4. The molecule has 18 nitrogen and oxygen atoms in total. The van der Waals surface area contributed by atoms with Crippen LogP contribution in [0.5, 0.6) is 0 Å². The monoisotopic (exact) mass is 544 g/mol. The number of rotatable bonds is 19. The Kier molecular flexibility index (Phi) is 15.0. The second-order valence-corrected chi connectivity index (χ2v) is 8.26. The minimum absolute atomic E-state index is 0.0653. The highest BCUT2D eigenvalue weighted by Gasteiger charge is 2.30. The third-order valence-corrected chi connectivity index (χ3v) is 4.94. The van der Waals surface area contributed by atoms with Crippen LogP contribution in [0.1, 0.15) is 44.9 Å². The highest BCUT2D eigenvalue weighted by molar-refractivity contribution is 5.95. The fourth-order valence-corrected chi connectivity index (χ4v) is 3.00. The second-order valence-electron chi connectivity index (χ2n) is 8.26. The van der Waals surface area contributed by atoms with Gasteiger partial charge < -0.3 is 55.5 Å². The molecule has 0 fully saturated rings. The fraction of sp³-hybridized carbons (Fsp3) is 0.600. The van der Waals surface area contributed by atoms with Crippen LogP contribution in [0.3, 0.4) is 0 Å². The van der Waals surface area contributed by atoms with Gasteiger partial charge in [-0.3, -0.25) is 33.8 Å². The van der Waals surface area contributed by atoms with Crippen molar-refractivity contribution in [1.29, 1.82) is 0 Å². The maximum atomic E-state index is 13.0. The zero-order valence-corrected chi connectivity index (χ0v) is 20.7. The molecule has 0 aliphatic heterocycles. The van der Waals surface area contributed by atoms with E-state index in [0.717, 1.165) is 0 Å². The van der Waals surface area contributed by atoms with Gasteiger partial charge in [-0.15, -0.1) is 0 Å². The van der Waals surface area contributed by atoms with Crippen molar-refractivity contribution in [1.82, 2.24) is 16.0 Å². The van der Waals surface area contributed by atoms with Gasteiger partial charge in [-0.25, -0.2) is 4.79 Å². The average molecular weight is 545 g/mol. The number of hydrogen-bond acceptors (Lipinski definition) is 9. The van der Waals surface area contributed by atoms with Crippen molar-refractivity contribution in [3.63, 3.8) is 0 Å². The molecule has 0 aliphatic carbocycles. The number of carbonyl (C=O) groups is 7. The first-order chi connectivity index (χ1) is 17.6. The van der Waals surface area contributed by atoms with E-state index in [1.54, 1.807) is 0 Å². The Balaban J connectivity index is 5.74. The molecule has 16 N–H and O–H groups in total. The number of amides is 6. The lowest BCUT2D eigenvalue weighted by Crippen LogP contribution is -2.57. The van der Waals surface area contributed by atoms with Gasteiger partial charge in [-0.1, -0.05) is 0 Å². The normalized spacial score (nSPS) is 13.6. The molecule has 0 heterocycles. The van der Waals surface area contributed by atoms with E-state index in [1.165, 1.54) is 0 Å². The molecule has 0 saturated heterocycles. The number of carboxylic acid groups (broad SMARTS) is 1. The third kappa shape index (κ3) is 14.8. The number of nitrogens with zero attached hydrogens (tertiary/aromatic N) is 1. The zero-order chi connectivity index (χ0) is 29.4. The van der Waals surface area contributed by atoms with Crippen molar-refractivity contribution in [3.05, 3.63) is 0 Å². The summed E-state index contributed by atoms with van der Waals surface area (Å²) >= 11 is 0. The predicted molar refractivity (Wildman–Crippen MR) is 132 cm³/mol. The standard InChI is InChI=1S/C20H36N10O8/c21-9(8-15(24)33)16(34)28-11(3-5-13(22)31)18(36)29-10(2-1-7-27-20(25)26)17(35)30-12(19(37)38)4-6-14(23)32/h9-12H,1-8,21H2,(H2,22,31)(H2,23,32)(H2,24,33)(H,28,34)(H,29,36)(H,30,35)(H,37,38)(H4,25,26,27). The third-order valence-electron chi connectivity index (χ3n) is 4.94. The van der Waals surface area contributed by atoms with Gasteiger partial charge in [0.25, 0.3) is 0 Å². The molecule has 214 valence electrons. The Morgan fingerprint density at radius 1 is 0.658 bits per heavy atom. The van der Waals surface area contributed by atoms with Crippen LogP contribution in [0.4, 0.5) is 0 Å². The van der Waals surface area contributed by atoms with Crippen LogP contribution in [0.25, 0.3) is 0 Å². The van der Waals surface area contributed by atoms with Crippen molar-refractivity contribution < 1.29 is 38.7 Å². The van der Waals surface area contributed by atoms with Gasteiger partial charge in [-0.05, 0) is 25.7 Å². The molecule has 0 aromatic carbocycles. The van der Waals surface area contributed by atoms with Crippen molar-refractivity contribution in [2.45, 2.75) is 69.1 Å². The Hall–Kier alpha value is -4.48. The van der Waals surface area contributed by atoms with Crippen molar-refractivity contribution >= 4 is 47.4 Å². The molecule has 4 unspecified atom stereocenters. The highest BCUT2D eigenvalue weighted by Crippen LogP contribution is 2.06. The maximum absolute atomic E-state index is 13.0. The van der Waals surface area contributed by atoms with Gasteiger partial charge in [0.2, 0.25) is 35.4 Å². The molecule has 38 heavy (non-hydrogen) atoms. The quantitative estimate of drug-likeness (QED) is 0.0414. The molecule has 0 aliphatic rings. The summed E-state index contributed by atoms with van der Waals surface area (Å²) in [5.41, 5.74) is 31.3. The van der Waals surface area contributed by atoms with E-state index in [9.17, 15) is 38.7 Å². The topological polar surface area (TPSA) is 344 Å². The summed E-state index contributed by atoms with van der Waals surface area (Å²) in [5.74, 6) is -6.89. The molecule has 0 spiro atoms. The van der Waals surface area contributed by atoms with E-state index < -0.39 is 72.0 Å². The summed E-state index contributed by atoms with van der Waals surface area (Å²) in [6.07, 6.45) is -1.68. The Morgan fingerprint density at radius 3 is 1.55 bits per heavy atom. The molecule has 0 bridgehead atoms. The second kappa shape index (κ2) is 17.1. The van der Waals surface area contributed by atoms with Crippen LogP contribution < -0.4 is 50.4 Å². The number of carbonyl (C=O) groups excluding carboxylic acids is 6. The van der Waals surface area contributed by atoms with E-state index in [0.29, 0.717) is 0 Å². The van der Waals surface area contributed by atoms with Gasteiger partial charge in [0.05, 0.1) is 12.5 Å². The summed E-state index contributed by atoms with van der Waals surface area (Å²) in [5, 5.41) is 16.2. The number of aliphatic imine (C=N–C) groups is 1. The number of nitrogens with two attached hydrogens (primary N) is 6. The summed E-state index contributed by atoms with van der Waals surface area (Å²) in [7, 11) is 0. The van der Waals surface area contributed by atoms with Crippen molar-refractivity contribution in [2.24, 2.45) is 39.4 Å². The summed E-state index contributed by atoms with van der Waals surface area (Å²) in [4.78, 5) is 86.8. The molecule has 6 amide bonds. The first kappa shape index (κ1) is 33.5. The van der Waals surface area contributed by atoms with Crippen LogP contribution in [0.2, 0.25) is 0 Å². The van der Waals surface area contributed by atoms with Crippen LogP contribution in [-0.2, 0) is 33.6 Å².